The number of aromatic nitrogens is 1. The smallest absolute Gasteiger partial charge is 0.123 e. The Morgan fingerprint density at radius 2 is 2.18 bits per heavy atom. The van der Waals surface area contributed by atoms with Crippen LogP contribution in [0.4, 0.5) is 5.69 Å². The first-order valence-corrected chi connectivity index (χ1v) is 5.60. The van der Waals surface area contributed by atoms with Gasteiger partial charge in [-0.2, -0.15) is 0 Å². The molecular formula is C13H17N3O. The molecule has 2 rings (SSSR count). The maximum Gasteiger partial charge on any atom is 0.123 e. The first-order valence-electron chi connectivity index (χ1n) is 5.60. The third kappa shape index (κ3) is 2.65. The number of hydrogen-bond donors (Lipinski definition) is 1. The fourth-order valence-electron chi connectivity index (χ4n) is 1.84. The topological polar surface area (TPSA) is 55.3 Å². The molecule has 4 heteroatoms. The Balaban J connectivity index is 2.16. The van der Waals surface area contributed by atoms with Gasteiger partial charge in [0.05, 0.1) is 6.54 Å². The summed E-state index contributed by atoms with van der Waals surface area (Å²) in [6.07, 6.45) is 3.58. The highest BCUT2D eigenvalue weighted by Gasteiger charge is 2.08. The van der Waals surface area contributed by atoms with Crippen molar-refractivity contribution in [3.05, 3.63) is 47.7 Å². The van der Waals surface area contributed by atoms with Crippen LogP contribution in [0.25, 0.3) is 0 Å². The second-order valence-corrected chi connectivity index (χ2v) is 4.08. The summed E-state index contributed by atoms with van der Waals surface area (Å²) in [6, 6.07) is 5.94. The number of nitrogens with zero attached hydrogens (tertiary/aromatic N) is 2. The average molecular weight is 231 g/mol. The monoisotopic (exact) mass is 231 g/mol. The van der Waals surface area contributed by atoms with Crippen LogP contribution in [0.1, 0.15) is 17.1 Å². The zero-order chi connectivity index (χ0) is 12.3. The van der Waals surface area contributed by atoms with Gasteiger partial charge in [-0.05, 0) is 25.1 Å². The van der Waals surface area contributed by atoms with Crippen molar-refractivity contribution < 1.29 is 4.42 Å². The minimum atomic E-state index is 0.491. The van der Waals surface area contributed by atoms with Gasteiger partial charge in [0, 0.05) is 37.2 Å². The van der Waals surface area contributed by atoms with Crippen LogP contribution in [0.15, 0.2) is 35.0 Å². The third-order valence-electron chi connectivity index (χ3n) is 2.70. The highest BCUT2D eigenvalue weighted by Crippen LogP contribution is 2.20. The van der Waals surface area contributed by atoms with Crippen LogP contribution >= 0.6 is 0 Å². The van der Waals surface area contributed by atoms with Crippen LogP contribution in [0.2, 0.25) is 0 Å². The summed E-state index contributed by atoms with van der Waals surface area (Å²) in [5.41, 5.74) is 7.83. The Bertz CT molecular complexity index is 493. The van der Waals surface area contributed by atoms with Crippen LogP contribution in [0, 0.1) is 6.92 Å². The predicted molar refractivity (Wildman–Crippen MR) is 67.7 cm³/mol. The fourth-order valence-corrected chi connectivity index (χ4v) is 1.84. The summed E-state index contributed by atoms with van der Waals surface area (Å²) >= 11 is 0. The summed E-state index contributed by atoms with van der Waals surface area (Å²) in [4.78, 5) is 6.19. The first kappa shape index (κ1) is 11.7. The molecule has 2 aromatic rings. The Hall–Kier alpha value is -1.81. The minimum Gasteiger partial charge on any atom is -0.464 e. The van der Waals surface area contributed by atoms with Gasteiger partial charge < -0.3 is 15.1 Å². The van der Waals surface area contributed by atoms with Gasteiger partial charge in [0.1, 0.15) is 11.5 Å². The summed E-state index contributed by atoms with van der Waals surface area (Å²) in [6.45, 7) is 3.16. The lowest BCUT2D eigenvalue weighted by molar-refractivity contribution is 0.481. The van der Waals surface area contributed by atoms with Gasteiger partial charge in [0.25, 0.3) is 0 Å². The Morgan fingerprint density at radius 1 is 1.35 bits per heavy atom. The molecule has 90 valence electrons. The molecule has 0 radical (unpaired) electrons. The van der Waals surface area contributed by atoms with Gasteiger partial charge in [0.15, 0.2) is 0 Å². The van der Waals surface area contributed by atoms with Crippen molar-refractivity contribution in [3.8, 4) is 0 Å². The summed E-state index contributed by atoms with van der Waals surface area (Å²) < 4.78 is 5.56. The zero-order valence-electron chi connectivity index (χ0n) is 10.2. The Labute approximate surface area is 101 Å². The van der Waals surface area contributed by atoms with Crippen molar-refractivity contribution in [2.75, 3.05) is 11.9 Å². The van der Waals surface area contributed by atoms with Crippen LogP contribution in [-0.2, 0) is 13.1 Å². The first-order chi connectivity index (χ1) is 8.20. The quantitative estimate of drug-likeness (QED) is 0.875. The lowest BCUT2D eigenvalue weighted by atomic mass is 10.2. The lowest BCUT2D eigenvalue weighted by Crippen LogP contribution is -2.18. The Kier molecular flexibility index (Phi) is 3.44. The molecule has 17 heavy (non-hydrogen) atoms. The standard InChI is InChI=1S/C13H17N3O/c1-10-3-4-12(17-10)9-16(2)13-5-6-15-8-11(13)7-14/h3-6,8H,7,9,14H2,1-2H3. The predicted octanol–water partition coefficient (Wildman–Crippen LogP) is 2.08. The van der Waals surface area contributed by atoms with Crippen molar-refractivity contribution >= 4 is 5.69 Å². The fraction of sp³-hybridized carbons (Fsp3) is 0.308. The highest BCUT2D eigenvalue weighted by molar-refractivity contribution is 5.51. The van der Waals surface area contributed by atoms with Crippen molar-refractivity contribution in [3.63, 3.8) is 0 Å². The molecule has 0 aliphatic carbocycles. The Morgan fingerprint density at radius 3 is 2.82 bits per heavy atom. The lowest BCUT2D eigenvalue weighted by Gasteiger charge is -2.20. The van der Waals surface area contributed by atoms with E-state index in [1.807, 2.05) is 32.2 Å². The number of anilines is 1. The van der Waals surface area contributed by atoms with E-state index < -0.39 is 0 Å². The van der Waals surface area contributed by atoms with Crippen LogP contribution in [-0.4, -0.2) is 12.0 Å². The molecule has 2 heterocycles. The molecule has 0 aliphatic heterocycles. The molecule has 2 aromatic heterocycles. The van der Waals surface area contributed by atoms with Crippen molar-refractivity contribution in [1.29, 1.82) is 0 Å². The molecule has 0 amide bonds. The van der Waals surface area contributed by atoms with E-state index in [9.17, 15) is 0 Å². The molecule has 0 bridgehead atoms. The number of rotatable bonds is 4. The molecular weight excluding hydrogens is 214 g/mol. The zero-order valence-corrected chi connectivity index (χ0v) is 10.2. The number of pyridine rings is 1. The van der Waals surface area contributed by atoms with E-state index in [-0.39, 0.29) is 0 Å². The van der Waals surface area contributed by atoms with Gasteiger partial charge in [-0.25, -0.2) is 0 Å². The summed E-state index contributed by atoms with van der Waals surface area (Å²) in [7, 11) is 2.02. The molecule has 0 saturated carbocycles. The van der Waals surface area contributed by atoms with Crippen molar-refractivity contribution in [2.24, 2.45) is 5.73 Å². The van der Waals surface area contributed by atoms with Crippen molar-refractivity contribution in [1.82, 2.24) is 4.98 Å². The van der Waals surface area contributed by atoms with Gasteiger partial charge in [-0.1, -0.05) is 0 Å². The van der Waals surface area contributed by atoms with Gasteiger partial charge in [-0.15, -0.1) is 0 Å². The molecule has 0 saturated heterocycles. The normalized spacial score (nSPS) is 10.5. The molecule has 0 fully saturated rings. The van der Waals surface area contributed by atoms with Gasteiger partial charge in [0.2, 0.25) is 0 Å². The highest BCUT2D eigenvalue weighted by atomic mass is 16.3. The van der Waals surface area contributed by atoms with E-state index in [4.69, 9.17) is 10.2 Å². The van der Waals surface area contributed by atoms with E-state index in [1.165, 1.54) is 0 Å². The van der Waals surface area contributed by atoms with Crippen LogP contribution < -0.4 is 10.6 Å². The molecule has 0 spiro atoms. The largest absolute Gasteiger partial charge is 0.464 e. The maximum absolute atomic E-state index is 5.70. The van der Waals surface area contributed by atoms with Crippen LogP contribution in [0.3, 0.4) is 0 Å². The molecule has 0 aliphatic rings. The molecule has 0 unspecified atom stereocenters. The van der Waals surface area contributed by atoms with E-state index in [2.05, 4.69) is 9.88 Å². The minimum absolute atomic E-state index is 0.491. The van der Waals surface area contributed by atoms with Crippen molar-refractivity contribution in [2.45, 2.75) is 20.0 Å². The molecule has 2 N–H and O–H groups in total. The molecule has 4 nitrogen and oxygen atoms in total. The second-order valence-electron chi connectivity index (χ2n) is 4.08. The summed E-state index contributed by atoms with van der Waals surface area (Å²) in [5.74, 6) is 1.88. The van der Waals surface area contributed by atoms with E-state index in [0.29, 0.717) is 6.54 Å². The van der Waals surface area contributed by atoms with Gasteiger partial charge in [-0.3, -0.25) is 4.98 Å². The van der Waals surface area contributed by atoms with E-state index >= 15 is 0 Å². The van der Waals surface area contributed by atoms with Crippen LogP contribution in [0.5, 0.6) is 0 Å². The number of hydrogen-bond acceptors (Lipinski definition) is 4. The number of nitrogens with two attached hydrogens (primary N) is 1. The molecule has 0 atom stereocenters. The third-order valence-corrected chi connectivity index (χ3v) is 2.70. The number of aryl methyl sites for hydroxylation is 1. The second kappa shape index (κ2) is 5.01. The summed E-state index contributed by atoms with van der Waals surface area (Å²) in [5, 5.41) is 0. The molecule has 0 aromatic carbocycles. The maximum atomic E-state index is 5.70. The van der Waals surface area contributed by atoms with E-state index in [0.717, 1.165) is 29.3 Å². The number of furan rings is 1. The average Bonchev–Trinajstić information content (AvgIpc) is 2.74. The SMILES string of the molecule is Cc1ccc(CN(C)c2ccncc2CN)o1. The van der Waals surface area contributed by atoms with Gasteiger partial charge >= 0.3 is 0 Å². The van der Waals surface area contributed by atoms with E-state index in [1.54, 1.807) is 12.4 Å².